The lowest BCUT2D eigenvalue weighted by molar-refractivity contribution is -0.144. The molecule has 3 N–H and O–H groups in total. The van der Waals surface area contributed by atoms with Crippen LogP contribution >= 0.6 is 0 Å². The fraction of sp³-hybridized carbons (Fsp3) is 0.786. The zero-order valence-corrected chi connectivity index (χ0v) is 13.7. The molecule has 3 amide bonds. The molecule has 0 bridgehead atoms. The standard InChI is InChI=1S/C14H25N3O5/c1-9(2)15-11(20)17-7-6-14(8-17,10(18)19)16-12(21)22-13(3,4)5/h9H,6-8H2,1-5H3,(H,15,20)(H,16,21)(H,18,19). The molecule has 8 heteroatoms. The van der Waals surface area contributed by atoms with Gasteiger partial charge in [-0.25, -0.2) is 14.4 Å². The largest absolute Gasteiger partial charge is 0.479 e. The highest BCUT2D eigenvalue weighted by molar-refractivity contribution is 5.87. The summed E-state index contributed by atoms with van der Waals surface area (Å²) in [4.78, 5) is 36.8. The molecule has 1 saturated heterocycles. The van der Waals surface area contributed by atoms with Gasteiger partial charge in [0.05, 0.1) is 6.54 Å². The van der Waals surface area contributed by atoms with Crippen molar-refractivity contribution in [2.45, 2.75) is 58.2 Å². The number of likely N-dealkylation sites (tertiary alicyclic amines) is 1. The van der Waals surface area contributed by atoms with Crippen molar-refractivity contribution in [1.29, 1.82) is 0 Å². The van der Waals surface area contributed by atoms with E-state index in [-0.39, 0.29) is 31.6 Å². The van der Waals surface area contributed by atoms with Crippen LogP contribution in [0.5, 0.6) is 0 Å². The molecule has 126 valence electrons. The maximum Gasteiger partial charge on any atom is 0.408 e. The molecule has 1 fully saturated rings. The number of ether oxygens (including phenoxy) is 1. The molecular formula is C14H25N3O5. The van der Waals surface area contributed by atoms with Gasteiger partial charge in [0, 0.05) is 19.0 Å². The van der Waals surface area contributed by atoms with E-state index in [9.17, 15) is 19.5 Å². The first-order valence-corrected chi connectivity index (χ1v) is 7.25. The van der Waals surface area contributed by atoms with Gasteiger partial charge in [0.2, 0.25) is 0 Å². The van der Waals surface area contributed by atoms with E-state index >= 15 is 0 Å². The normalized spacial score (nSPS) is 21.6. The first-order valence-electron chi connectivity index (χ1n) is 7.25. The zero-order valence-electron chi connectivity index (χ0n) is 13.7. The number of hydrogen-bond acceptors (Lipinski definition) is 4. The number of rotatable bonds is 3. The Morgan fingerprint density at radius 1 is 1.27 bits per heavy atom. The number of urea groups is 1. The number of carboxylic acids is 1. The number of nitrogens with one attached hydrogen (secondary N) is 2. The van der Waals surface area contributed by atoms with Crippen molar-refractivity contribution in [2.75, 3.05) is 13.1 Å². The van der Waals surface area contributed by atoms with Crippen molar-refractivity contribution in [3.8, 4) is 0 Å². The Labute approximate surface area is 130 Å². The second kappa shape index (κ2) is 6.41. The number of aliphatic carboxylic acids is 1. The minimum Gasteiger partial charge on any atom is -0.479 e. The average molecular weight is 315 g/mol. The van der Waals surface area contributed by atoms with Gasteiger partial charge in [-0.05, 0) is 34.6 Å². The summed E-state index contributed by atoms with van der Waals surface area (Å²) in [5.74, 6) is -1.18. The Hall–Kier alpha value is -1.99. The van der Waals surface area contributed by atoms with Gasteiger partial charge >= 0.3 is 18.1 Å². The van der Waals surface area contributed by atoms with Crippen LogP contribution in [-0.4, -0.2) is 58.4 Å². The Morgan fingerprint density at radius 2 is 1.86 bits per heavy atom. The Bertz CT molecular complexity index is 458. The van der Waals surface area contributed by atoms with Crippen molar-refractivity contribution < 1.29 is 24.2 Å². The fourth-order valence-corrected chi connectivity index (χ4v) is 2.15. The summed E-state index contributed by atoms with van der Waals surface area (Å²) >= 11 is 0. The van der Waals surface area contributed by atoms with Gasteiger partial charge in [-0.1, -0.05) is 0 Å². The second-order valence-electron chi connectivity index (χ2n) is 6.79. The third kappa shape index (κ3) is 4.78. The Kier molecular flexibility index (Phi) is 5.26. The Morgan fingerprint density at radius 3 is 2.32 bits per heavy atom. The molecule has 0 aromatic rings. The number of amides is 3. The molecule has 1 aliphatic rings. The van der Waals surface area contributed by atoms with Crippen molar-refractivity contribution in [3.05, 3.63) is 0 Å². The summed E-state index contributed by atoms with van der Waals surface area (Å²) in [6.45, 7) is 8.86. The van der Waals surface area contributed by atoms with E-state index in [0.717, 1.165) is 0 Å². The molecule has 1 heterocycles. The molecule has 0 aromatic heterocycles. The van der Waals surface area contributed by atoms with Crippen LogP contribution in [0.25, 0.3) is 0 Å². The summed E-state index contributed by atoms with van der Waals surface area (Å²) in [6.07, 6.45) is -0.673. The van der Waals surface area contributed by atoms with Gasteiger partial charge in [-0.2, -0.15) is 0 Å². The molecule has 1 aliphatic heterocycles. The van der Waals surface area contributed by atoms with Crippen molar-refractivity contribution >= 4 is 18.1 Å². The molecular weight excluding hydrogens is 290 g/mol. The monoisotopic (exact) mass is 315 g/mol. The first-order chi connectivity index (χ1) is 9.95. The fourth-order valence-electron chi connectivity index (χ4n) is 2.15. The molecule has 8 nitrogen and oxygen atoms in total. The number of nitrogens with zero attached hydrogens (tertiary/aromatic N) is 1. The quantitative estimate of drug-likeness (QED) is 0.724. The minimum absolute atomic E-state index is 0.0499. The summed E-state index contributed by atoms with van der Waals surface area (Å²) in [5.41, 5.74) is -2.24. The van der Waals surface area contributed by atoms with Crippen LogP contribution in [0.1, 0.15) is 41.0 Å². The predicted molar refractivity (Wildman–Crippen MR) is 79.6 cm³/mol. The average Bonchev–Trinajstić information content (AvgIpc) is 2.70. The third-order valence-corrected chi connectivity index (χ3v) is 3.12. The molecule has 0 spiro atoms. The molecule has 1 unspecified atom stereocenters. The predicted octanol–water partition coefficient (Wildman–Crippen LogP) is 1.16. The van der Waals surface area contributed by atoms with E-state index in [1.165, 1.54) is 4.90 Å². The van der Waals surface area contributed by atoms with Crippen LogP contribution in [-0.2, 0) is 9.53 Å². The number of carbonyl (C=O) groups is 3. The zero-order chi connectivity index (χ0) is 17.1. The Balaban J connectivity index is 2.77. The van der Waals surface area contributed by atoms with Crippen LogP contribution in [0, 0.1) is 0 Å². The van der Waals surface area contributed by atoms with Gasteiger partial charge < -0.3 is 25.4 Å². The highest BCUT2D eigenvalue weighted by Gasteiger charge is 2.48. The van der Waals surface area contributed by atoms with E-state index in [2.05, 4.69) is 10.6 Å². The van der Waals surface area contributed by atoms with Gasteiger partial charge in [0.15, 0.2) is 5.54 Å². The summed E-state index contributed by atoms with van der Waals surface area (Å²) < 4.78 is 5.10. The van der Waals surface area contributed by atoms with Crippen molar-refractivity contribution in [2.24, 2.45) is 0 Å². The number of hydrogen-bond donors (Lipinski definition) is 3. The highest BCUT2D eigenvalue weighted by Crippen LogP contribution is 2.23. The minimum atomic E-state index is -1.52. The highest BCUT2D eigenvalue weighted by atomic mass is 16.6. The summed E-state index contributed by atoms with van der Waals surface area (Å²) in [7, 11) is 0. The van der Waals surface area contributed by atoms with E-state index in [0.29, 0.717) is 0 Å². The van der Waals surface area contributed by atoms with Crippen LogP contribution in [0.2, 0.25) is 0 Å². The van der Waals surface area contributed by atoms with Crippen LogP contribution < -0.4 is 10.6 Å². The maximum absolute atomic E-state index is 12.0. The first kappa shape index (κ1) is 18.1. The topological polar surface area (TPSA) is 108 Å². The lowest BCUT2D eigenvalue weighted by Crippen LogP contribution is -2.58. The summed E-state index contributed by atoms with van der Waals surface area (Å²) in [6, 6.07) is -0.393. The van der Waals surface area contributed by atoms with E-state index in [1.807, 2.05) is 13.8 Å². The molecule has 0 aromatic carbocycles. The smallest absolute Gasteiger partial charge is 0.408 e. The SMILES string of the molecule is CC(C)NC(=O)N1CCC(NC(=O)OC(C)(C)C)(C(=O)O)C1. The molecule has 0 aliphatic carbocycles. The van der Waals surface area contributed by atoms with Crippen LogP contribution in [0.4, 0.5) is 9.59 Å². The number of alkyl carbamates (subject to hydrolysis) is 1. The maximum atomic E-state index is 12.0. The van der Waals surface area contributed by atoms with E-state index in [1.54, 1.807) is 20.8 Å². The molecule has 0 radical (unpaired) electrons. The molecule has 1 atom stereocenters. The molecule has 22 heavy (non-hydrogen) atoms. The molecule has 1 rings (SSSR count). The number of carbonyl (C=O) groups excluding carboxylic acids is 2. The van der Waals surface area contributed by atoms with Gasteiger partial charge in [-0.3, -0.25) is 0 Å². The number of carboxylic acid groups (broad SMARTS) is 1. The lowest BCUT2D eigenvalue weighted by atomic mass is 9.99. The summed E-state index contributed by atoms with van der Waals surface area (Å²) in [5, 5.41) is 14.6. The third-order valence-electron chi connectivity index (χ3n) is 3.12. The van der Waals surface area contributed by atoms with Gasteiger partial charge in [-0.15, -0.1) is 0 Å². The molecule has 0 saturated carbocycles. The van der Waals surface area contributed by atoms with Crippen molar-refractivity contribution in [3.63, 3.8) is 0 Å². The van der Waals surface area contributed by atoms with Gasteiger partial charge in [0.1, 0.15) is 5.60 Å². The van der Waals surface area contributed by atoms with Crippen LogP contribution in [0.15, 0.2) is 0 Å². The second-order valence-corrected chi connectivity index (χ2v) is 6.79. The van der Waals surface area contributed by atoms with E-state index < -0.39 is 23.2 Å². The van der Waals surface area contributed by atoms with Crippen molar-refractivity contribution in [1.82, 2.24) is 15.5 Å². The lowest BCUT2D eigenvalue weighted by Gasteiger charge is -2.28. The van der Waals surface area contributed by atoms with Gasteiger partial charge in [0.25, 0.3) is 0 Å². The van der Waals surface area contributed by atoms with Crippen LogP contribution in [0.3, 0.4) is 0 Å². The van der Waals surface area contributed by atoms with E-state index in [4.69, 9.17) is 4.74 Å².